The molecule has 1 aromatic heterocycles. The van der Waals surface area contributed by atoms with Gasteiger partial charge in [-0.2, -0.15) is 0 Å². The lowest BCUT2D eigenvalue weighted by atomic mass is 10.2. The monoisotopic (exact) mass is 266 g/mol. The average Bonchev–Trinajstić information content (AvgIpc) is 2.83. The highest BCUT2D eigenvalue weighted by atomic mass is 32.1. The minimum atomic E-state index is 0.00224. The zero-order valence-corrected chi connectivity index (χ0v) is 11.5. The third-order valence-corrected chi connectivity index (χ3v) is 3.28. The molecule has 0 fully saturated rings. The number of ether oxygens (including phenoxy) is 1. The summed E-state index contributed by atoms with van der Waals surface area (Å²) < 4.78 is 4.97. The first-order valence-electron chi connectivity index (χ1n) is 5.71. The van der Waals surface area contributed by atoms with Crippen molar-refractivity contribution in [1.29, 1.82) is 0 Å². The predicted molar refractivity (Wildman–Crippen MR) is 73.7 cm³/mol. The molecule has 4 nitrogen and oxygen atoms in total. The molecule has 0 radical (unpaired) electrons. The molecule has 1 heterocycles. The minimum absolute atomic E-state index is 0.00224. The molecule has 1 amide bonds. The fourth-order valence-corrected chi connectivity index (χ4v) is 2.28. The Hall–Kier alpha value is -1.35. The Balaban J connectivity index is 2.68. The van der Waals surface area contributed by atoms with Crippen LogP contribution < -0.4 is 5.73 Å². The SMILES string of the molecule is COCCCN(C)C(=O)c1sccc1C#CCN. The van der Waals surface area contributed by atoms with E-state index in [0.717, 1.165) is 12.0 Å². The van der Waals surface area contributed by atoms with E-state index in [-0.39, 0.29) is 5.91 Å². The lowest BCUT2D eigenvalue weighted by Gasteiger charge is -2.16. The maximum Gasteiger partial charge on any atom is 0.264 e. The molecule has 0 aliphatic carbocycles. The van der Waals surface area contributed by atoms with Crippen molar-refractivity contribution in [1.82, 2.24) is 4.90 Å². The molecule has 0 aromatic carbocycles. The molecule has 98 valence electrons. The molecule has 2 N–H and O–H groups in total. The Kier molecular flexibility index (Phi) is 6.44. The third kappa shape index (κ3) is 4.15. The van der Waals surface area contributed by atoms with Crippen molar-refractivity contribution in [2.24, 2.45) is 5.73 Å². The van der Waals surface area contributed by atoms with Gasteiger partial charge >= 0.3 is 0 Å². The summed E-state index contributed by atoms with van der Waals surface area (Å²) in [4.78, 5) is 14.6. The highest BCUT2D eigenvalue weighted by Gasteiger charge is 2.16. The van der Waals surface area contributed by atoms with Crippen molar-refractivity contribution < 1.29 is 9.53 Å². The number of carbonyl (C=O) groups is 1. The lowest BCUT2D eigenvalue weighted by Crippen LogP contribution is -2.28. The summed E-state index contributed by atoms with van der Waals surface area (Å²) >= 11 is 1.41. The maximum atomic E-state index is 12.2. The Bertz CT molecular complexity index is 445. The van der Waals surface area contributed by atoms with Crippen LogP contribution in [-0.4, -0.2) is 44.7 Å². The molecule has 1 aromatic rings. The number of nitrogens with two attached hydrogens (primary N) is 1. The largest absolute Gasteiger partial charge is 0.385 e. The van der Waals surface area contributed by atoms with Crippen molar-refractivity contribution in [2.45, 2.75) is 6.42 Å². The van der Waals surface area contributed by atoms with Gasteiger partial charge in [0.25, 0.3) is 5.91 Å². The minimum Gasteiger partial charge on any atom is -0.385 e. The van der Waals surface area contributed by atoms with Crippen LogP contribution in [0.4, 0.5) is 0 Å². The first-order valence-corrected chi connectivity index (χ1v) is 6.59. The summed E-state index contributed by atoms with van der Waals surface area (Å²) in [6.45, 7) is 1.63. The molecule has 0 atom stereocenters. The fourth-order valence-electron chi connectivity index (χ4n) is 1.44. The molecule has 1 rings (SSSR count). The van der Waals surface area contributed by atoms with Crippen molar-refractivity contribution in [3.05, 3.63) is 21.9 Å². The van der Waals surface area contributed by atoms with E-state index in [1.54, 1.807) is 19.1 Å². The summed E-state index contributed by atoms with van der Waals surface area (Å²) in [5.74, 6) is 5.69. The second-order valence-electron chi connectivity index (χ2n) is 3.74. The third-order valence-electron chi connectivity index (χ3n) is 2.37. The number of hydrogen-bond acceptors (Lipinski definition) is 4. The van der Waals surface area contributed by atoms with Gasteiger partial charge in [-0.3, -0.25) is 4.79 Å². The highest BCUT2D eigenvalue weighted by Crippen LogP contribution is 2.17. The van der Waals surface area contributed by atoms with Crippen LogP contribution in [0.3, 0.4) is 0 Å². The molecule has 0 aliphatic rings. The highest BCUT2D eigenvalue weighted by molar-refractivity contribution is 7.12. The first kappa shape index (κ1) is 14.7. The number of carbonyl (C=O) groups excluding carboxylic acids is 1. The van der Waals surface area contributed by atoms with Gasteiger partial charge in [-0.05, 0) is 17.9 Å². The molecule has 5 heteroatoms. The molecule has 0 aliphatic heterocycles. The van der Waals surface area contributed by atoms with Crippen LogP contribution in [0.5, 0.6) is 0 Å². The van der Waals surface area contributed by atoms with Crippen LogP contribution in [0.2, 0.25) is 0 Å². The van der Waals surface area contributed by atoms with Crippen molar-refractivity contribution >= 4 is 17.2 Å². The number of methoxy groups -OCH3 is 1. The summed E-state index contributed by atoms with van der Waals surface area (Å²) in [5.41, 5.74) is 6.09. The van der Waals surface area contributed by atoms with Crippen LogP contribution in [-0.2, 0) is 4.74 Å². The van der Waals surface area contributed by atoms with Crippen LogP contribution in [0, 0.1) is 11.8 Å². The smallest absolute Gasteiger partial charge is 0.264 e. The first-order chi connectivity index (χ1) is 8.70. The number of rotatable bonds is 5. The zero-order chi connectivity index (χ0) is 13.4. The predicted octanol–water partition coefficient (Wildman–Crippen LogP) is 1.17. The quantitative estimate of drug-likeness (QED) is 0.643. The average molecular weight is 266 g/mol. The Morgan fingerprint density at radius 3 is 3.06 bits per heavy atom. The molecule has 0 bridgehead atoms. The number of thiophene rings is 1. The Labute approximate surface area is 112 Å². The van der Waals surface area contributed by atoms with Gasteiger partial charge in [0.2, 0.25) is 0 Å². The van der Waals surface area contributed by atoms with E-state index in [4.69, 9.17) is 10.5 Å². The second-order valence-corrected chi connectivity index (χ2v) is 4.66. The van der Waals surface area contributed by atoms with Gasteiger partial charge in [-0.1, -0.05) is 11.8 Å². The second kappa shape index (κ2) is 7.88. The maximum absolute atomic E-state index is 12.2. The molecule has 0 spiro atoms. The summed E-state index contributed by atoms with van der Waals surface area (Å²) in [6.07, 6.45) is 0.827. The molecular formula is C13H18N2O2S. The lowest BCUT2D eigenvalue weighted by molar-refractivity contribution is 0.0784. The van der Waals surface area contributed by atoms with E-state index in [2.05, 4.69) is 11.8 Å². The van der Waals surface area contributed by atoms with Crippen molar-refractivity contribution in [2.75, 3.05) is 33.9 Å². The topological polar surface area (TPSA) is 55.6 Å². The van der Waals surface area contributed by atoms with Gasteiger partial charge in [0.15, 0.2) is 0 Å². The number of hydrogen-bond donors (Lipinski definition) is 1. The molecule has 0 unspecified atom stereocenters. The fraction of sp³-hybridized carbons (Fsp3) is 0.462. The van der Waals surface area contributed by atoms with E-state index < -0.39 is 0 Å². The van der Waals surface area contributed by atoms with Gasteiger partial charge in [0, 0.05) is 32.9 Å². The summed E-state index contributed by atoms with van der Waals surface area (Å²) in [7, 11) is 3.44. The Morgan fingerprint density at radius 2 is 2.39 bits per heavy atom. The van der Waals surface area contributed by atoms with E-state index in [1.165, 1.54) is 11.3 Å². The molecule has 0 saturated heterocycles. The van der Waals surface area contributed by atoms with Crippen molar-refractivity contribution in [3.8, 4) is 11.8 Å². The standard InChI is InChI=1S/C13H18N2O2S/c1-15(8-4-9-17-2)13(16)12-11(5-3-7-14)6-10-18-12/h6,10H,4,7-9,14H2,1-2H3. The Morgan fingerprint density at radius 1 is 1.61 bits per heavy atom. The van der Waals surface area contributed by atoms with Crippen LogP contribution in [0.15, 0.2) is 11.4 Å². The van der Waals surface area contributed by atoms with E-state index >= 15 is 0 Å². The number of amides is 1. The van der Waals surface area contributed by atoms with E-state index in [1.807, 2.05) is 11.4 Å². The summed E-state index contributed by atoms with van der Waals surface area (Å²) in [5, 5.41) is 1.87. The van der Waals surface area contributed by atoms with E-state index in [9.17, 15) is 4.79 Å². The van der Waals surface area contributed by atoms with Crippen molar-refractivity contribution in [3.63, 3.8) is 0 Å². The molecular weight excluding hydrogens is 248 g/mol. The van der Waals surface area contributed by atoms with Crippen LogP contribution in [0.1, 0.15) is 21.7 Å². The normalized spacial score (nSPS) is 9.72. The molecule has 0 saturated carbocycles. The van der Waals surface area contributed by atoms with Crippen LogP contribution >= 0.6 is 11.3 Å². The zero-order valence-electron chi connectivity index (χ0n) is 10.7. The number of nitrogens with zero attached hydrogens (tertiary/aromatic N) is 1. The van der Waals surface area contributed by atoms with Gasteiger partial charge in [0.05, 0.1) is 6.54 Å². The van der Waals surface area contributed by atoms with Gasteiger partial charge < -0.3 is 15.4 Å². The van der Waals surface area contributed by atoms with Gasteiger partial charge in [0.1, 0.15) is 4.88 Å². The molecule has 18 heavy (non-hydrogen) atoms. The van der Waals surface area contributed by atoms with E-state index in [0.29, 0.717) is 24.6 Å². The van der Waals surface area contributed by atoms with Gasteiger partial charge in [-0.15, -0.1) is 11.3 Å². The van der Waals surface area contributed by atoms with Gasteiger partial charge in [-0.25, -0.2) is 0 Å². The summed E-state index contributed by atoms with van der Waals surface area (Å²) in [6, 6.07) is 1.85. The van der Waals surface area contributed by atoms with Crippen LogP contribution in [0.25, 0.3) is 0 Å².